The largest absolute Gasteiger partial charge is 0.379 e. The lowest BCUT2D eigenvalue weighted by atomic mass is 10.1. The Hall–Kier alpha value is -1.43. The Morgan fingerprint density at radius 3 is 2.50 bits per heavy atom. The molecule has 1 aromatic carbocycles. The van der Waals surface area contributed by atoms with Gasteiger partial charge in [0.05, 0.1) is 19.1 Å². The lowest BCUT2D eigenvalue weighted by molar-refractivity contribution is -0.120. The molecule has 1 atom stereocenters. The molecule has 5 nitrogen and oxygen atoms in total. The number of carbonyl (C=O) groups excluding carboxylic acids is 2. The minimum Gasteiger partial charge on any atom is -0.379 e. The summed E-state index contributed by atoms with van der Waals surface area (Å²) < 4.78 is 5.34. The normalized spacial score (nSPS) is 23.0. The number of amides is 1. The summed E-state index contributed by atoms with van der Waals surface area (Å²) in [5.74, 6) is -0.429. The summed E-state index contributed by atoms with van der Waals surface area (Å²) in [6.07, 6.45) is 0.206. The van der Waals surface area contributed by atoms with Crippen LogP contribution in [0.15, 0.2) is 24.3 Å². The first-order valence-corrected chi connectivity index (χ1v) is 7.90. The maximum Gasteiger partial charge on any atom is 0.227 e. The van der Waals surface area contributed by atoms with E-state index in [1.54, 1.807) is 4.90 Å². The highest BCUT2D eigenvalue weighted by Gasteiger charge is 2.34. The van der Waals surface area contributed by atoms with Gasteiger partial charge in [-0.3, -0.25) is 14.5 Å². The van der Waals surface area contributed by atoms with Crippen molar-refractivity contribution in [2.45, 2.75) is 13.0 Å². The third kappa shape index (κ3) is 3.48. The lowest BCUT2D eigenvalue weighted by Crippen LogP contribution is -2.35. The van der Waals surface area contributed by atoms with Crippen molar-refractivity contribution in [1.82, 2.24) is 4.90 Å². The van der Waals surface area contributed by atoms with E-state index in [1.165, 1.54) is 5.56 Å². The quantitative estimate of drug-likeness (QED) is 0.791. The molecular formula is C16H19ClN2O3. The lowest BCUT2D eigenvalue weighted by Gasteiger charge is -2.26. The van der Waals surface area contributed by atoms with Crippen molar-refractivity contribution in [1.29, 1.82) is 0 Å². The topological polar surface area (TPSA) is 49.9 Å². The fourth-order valence-corrected chi connectivity index (χ4v) is 3.05. The van der Waals surface area contributed by atoms with Crippen LogP contribution in [0.25, 0.3) is 0 Å². The van der Waals surface area contributed by atoms with Crippen LogP contribution >= 0.6 is 11.6 Å². The van der Waals surface area contributed by atoms with Crippen LogP contribution in [0, 0.1) is 5.92 Å². The van der Waals surface area contributed by atoms with Gasteiger partial charge >= 0.3 is 0 Å². The van der Waals surface area contributed by atoms with E-state index in [0.29, 0.717) is 6.54 Å². The minimum atomic E-state index is -0.431. The van der Waals surface area contributed by atoms with Gasteiger partial charge in [-0.15, -0.1) is 0 Å². The molecule has 0 saturated carbocycles. The number of benzene rings is 1. The van der Waals surface area contributed by atoms with Crippen molar-refractivity contribution < 1.29 is 14.3 Å². The van der Waals surface area contributed by atoms with Gasteiger partial charge in [0.2, 0.25) is 11.1 Å². The molecule has 0 unspecified atom stereocenters. The maximum absolute atomic E-state index is 12.0. The number of halogens is 1. The zero-order valence-corrected chi connectivity index (χ0v) is 13.1. The Morgan fingerprint density at radius 1 is 1.23 bits per heavy atom. The average Bonchev–Trinajstić information content (AvgIpc) is 2.91. The van der Waals surface area contributed by atoms with Crippen molar-refractivity contribution in [2.24, 2.45) is 5.92 Å². The fraction of sp³-hybridized carbons (Fsp3) is 0.500. The first kappa shape index (κ1) is 15.5. The number of hydrogen-bond donors (Lipinski definition) is 0. The third-order valence-corrected chi connectivity index (χ3v) is 4.51. The molecule has 2 aliphatic rings. The van der Waals surface area contributed by atoms with Crippen LogP contribution in [0.1, 0.15) is 12.0 Å². The number of anilines is 1. The second-order valence-electron chi connectivity index (χ2n) is 5.76. The van der Waals surface area contributed by atoms with Gasteiger partial charge in [-0.1, -0.05) is 12.1 Å². The van der Waals surface area contributed by atoms with Crippen LogP contribution < -0.4 is 4.90 Å². The molecule has 22 heavy (non-hydrogen) atoms. The van der Waals surface area contributed by atoms with Gasteiger partial charge in [-0.25, -0.2) is 0 Å². The summed E-state index contributed by atoms with van der Waals surface area (Å²) in [4.78, 5) is 27.2. The predicted octanol–water partition coefficient (Wildman–Crippen LogP) is 1.64. The number of morpholine rings is 1. The number of ether oxygens (including phenoxy) is 1. The van der Waals surface area contributed by atoms with Crippen LogP contribution in [0.5, 0.6) is 0 Å². The molecule has 2 heterocycles. The van der Waals surface area contributed by atoms with Crippen LogP contribution in [-0.4, -0.2) is 48.9 Å². The molecule has 1 amide bonds. The summed E-state index contributed by atoms with van der Waals surface area (Å²) in [6.45, 7) is 4.74. The van der Waals surface area contributed by atoms with Crippen molar-refractivity contribution >= 4 is 28.4 Å². The molecule has 3 rings (SSSR count). The Labute approximate surface area is 134 Å². The molecule has 6 heteroatoms. The second-order valence-corrected chi connectivity index (χ2v) is 6.14. The zero-order chi connectivity index (χ0) is 15.5. The molecule has 0 bridgehead atoms. The van der Waals surface area contributed by atoms with Gasteiger partial charge < -0.3 is 9.64 Å². The highest BCUT2D eigenvalue weighted by molar-refractivity contribution is 6.64. The minimum absolute atomic E-state index is 0.0417. The highest BCUT2D eigenvalue weighted by atomic mass is 35.5. The molecule has 0 spiro atoms. The van der Waals surface area contributed by atoms with E-state index in [2.05, 4.69) is 4.90 Å². The van der Waals surface area contributed by atoms with Gasteiger partial charge in [0, 0.05) is 38.3 Å². The summed E-state index contributed by atoms with van der Waals surface area (Å²) >= 11 is 5.50. The molecule has 2 fully saturated rings. The zero-order valence-electron chi connectivity index (χ0n) is 12.3. The van der Waals surface area contributed by atoms with E-state index in [0.717, 1.165) is 38.5 Å². The number of nitrogens with zero attached hydrogens (tertiary/aromatic N) is 2. The summed E-state index contributed by atoms with van der Waals surface area (Å²) in [5.41, 5.74) is 2.04. The maximum atomic E-state index is 12.0. The van der Waals surface area contributed by atoms with Crippen LogP contribution in [0.4, 0.5) is 5.69 Å². The van der Waals surface area contributed by atoms with Gasteiger partial charge in [0.15, 0.2) is 0 Å². The monoisotopic (exact) mass is 322 g/mol. The number of rotatable bonds is 4. The summed E-state index contributed by atoms with van der Waals surface area (Å²) in [7, 11) is 0. The van der Waals surface area contributed by atoms with Crippen molar-refractivity contribution in [3.8, 4) is 0 Å². The fourth-order valence-electron chi connectivity index (χ4n) is 2.91. The first-order valence-electron chi connectivity index (χ1n) is 7.52. The first-order chi connectivity index (χ1) is 10.6. The van der Waals surface area contributed by atoms with Gasteiger partial charge in [0.25, 0.3) is 0 Å². The Kier molecular flexibility index (Phi) is 4.76. The highest BCUT2D eigenvalue weighted by Crippen LogP contribution is 2.26. The van der Waals surface area contributed by atoms with Gasteiger partial charge in [-0.2, -0.15) is 0 Å². The third-order valence-electron chi connectivity index (χ3n) is 4.20. The van der Waals surface area contributed by atoms with E-state index in [4.69, 9.17) is 16.3 Å². The molecule has 1 aromatic rings. The number of carbonyl (C=O) groups is 2. The summed E-state index contributed by atoms with van der Waals surface area (Å²) in [5, 5.41) is -0.431. The van der Waals surface area contributed by atoms with E-state index in [-0.39, 0.29) is 18.2 Å². The molecule has 2 aliphatic heterocycles. The van der Waals surface area contributed by atoms with E-state index in [1.807, 2.05) is 24.3 Å². The van der Waals surface area contributed by atoms with E-state index in [9.17, 15) is 9.59 Å². The van der Waals surface area contributed by atoms with Crippen molar-refractivity contribution in [3.05, 3.63) is 29.8 Å². The van der Waals surface area contributed by atoms with Crippen molar-refractivity contribution in [2.75, 3.05) is 37.7 Å². The molecule has 2 saturated heterocycles. The number of hydrogen-bond acceptors (Lipinski definition) is 4. The summed E-state index contributed by atoms with van der Waals surface area (Å²) in [6, 6.07) is 7.95. The SMILES string of the molecule is O=C(Cl)[C@@H]1CC(=O)N(c2ccc(CN3CCOCC3)cc2)C1. The van der Waals surface area contributed by atoms with E-state index >= 15 is 0 Å². The Balaban J connectivity index is 1.64. The van der Waals surface area contributed by atoms with Gasteiger partial charge in [-0.05, 0) is 29.3 Å². The smallest absolute Gasteiger partial charge is 0.227 e. The standard InChI is InChI=1S/C16H19ClN2O3/c17-16(21)13-9-15(20)19(11-13)14-3-1-12(2-4-14)10-18-5-7-22-8-6-18/h1-4,13H,5-11H2/t13-/m1/s1. The van der Waals surface area contributed by atoms with Crippen LogP contribution in [0.2, 0.25) is 0 Å². The average molecular weight is 323 g/mol. The molecule has 0 aliphatic carbocycles. The molecule has 0 aromatic heterocycles. The molecule has 0 radical (unpaired) electrons. The molecule has 0 N–H and O–H groups in total. The van der Waals surface area contributed by atoms with Crippen molar-refractivity contribution in [3.63, 3.8) is 0 Å². The Morgan fingerprint density at radius 2 is 1.91 bits per heavy atom. The second kappa shape index (κ2) is 6.77. The molecule has 118 valence electrons. The molecular weight excluding hydrogens is 304 g/mol. The van der Waals surface area contributed by atoms with Gasteiger partial charge in [0.1, 0.15) is 0 Å². The predicted molar refractivity (Wildman–Crippen MR) is 83.9 cm³/mol. The van der Waals surface area contributed by atoms with Crippen LogP contribution in [0.3, 0.4) is 0 Å². The van der Waals surface area contributed by atoms with Crippen LogP contribution in [-0.2, 0) is 20.9 Å². The Bertz CT molecular complexity index is 555. The van der Waals surface area contributed by atoms with E-state index < -0.39 is 5.24 Å².